The quantitative estimate of drug-likeness (QED) is 0.187. The third-order valence-corrected chi connectivity index (χ3v) is 9.68. The van der Waals surface area contributed by atoms with Crippen molar-refractivity contribution in [1.29, 1.82) is 0 Å². The molecule has 0 bridgehead atoms. The second kappa shape index (κ2) is 14.4. The number of nitrogens with zero attached hydrogens (tertiary/aromatic N) is 2. The molecule has 1 atom stereocenters. The topological polar surface area (TPSA) is 86.8 Å². The molecule has 0 spiro atoms. The van der Waals surface area contributed by atoms with Crippen molar-refractivity contribution in [2.75, 3.05) is 10.8 Å². The van der Waals surface area contributed by atoms with Gasteiger partial charge in [0.1, 0.15) is 12.6 Å². The van der Waals surface area contributed by atoms with Crippen LogP contribution in [0.4, 0.5) is 5.69 Å². The number of amides is 2. The Kier molecular flexibility index (Phi) is 10.9. The van der Waals surface area contributed by atoms with Gasteiger partial charge in [-0.3, -0.25) is 13.9 Å². The zero-order chi connectivity index (χ0) is 32.8. The number of benzene rings is 4. The van der Waals surface area contributed by atoms with Gasteiger partial charge in [0.05, 0.1) is 10.6 Å². The highest BCUT2D eigenvalue weighted by Crippen LogP contribution is 2.27. The maximum atomic E-state index is 14.6. The van der Waals surface area contributed by atoms with Crippen LogP contribution in [0, 0.1) is 13.8 Å². The molecule has 4 aromatic rings. The highest BCUT2D eigenvalue weighted by molar-refractivity contribution is 9.10. The fourth-order valence-corrected chi connectivity index (χ4v) is 6.84. The van der Waals surface area contributed by atoms with Gasteiger partial charge in [-0.15, -0.1) is 0 Å². The van der Waals surface area contributed by atoms with Crippen LogP contribution in [0.2, 0.25) is 0 Å². The van der Waals surface area contributed by atoms with Crippen molar-refractivity contribution in [2.24, 2.45) is 0 Å². The van der Waals surface area contributed by atoms with Crippen LogP contribution in [0.1, 0.15) is 43.0 Å². The van der Waals surface area contributed by atoms with Crippen molar-refractivity contribution >= 4 is 43.5 Å². The van der Waals surface area contributed by atoms with Gasteiger partial charge in [0.15, 0.2) is 0 Å². The van der Waals surface area contributed by atoms with Crippen molar-refractivity contribution in [2.45, 2.75) is 64.1 Å². The van der Waals surface area contributed by atoms with Crippen LogP contribution in [0.15, 0.2) is 112 Å². The summed E-state index contributed by atoms with van der Waals surface area (Å²) in [4.78, 5) is 30.1. The van der Waals surface area contributed by atoms with Crippen molar-refractivity contribution < 1.29 is 18.0 Å². The lowest BCUT2D eigenvalue weighted by molar-refractivity contribution is -0.140. The van der Waals surface area contributed by atoms with E-state index < -0.39 is 34.1 Å². The lowest BCUT2D eigenvalue weighted by Crippen LogP contribution is -2.56. The van der Waals surface area contributed by atoms with Crippen molar-refractivity contribution in [1.82, 2.24) is 10.2 Å². The molecule has 1 N–H and O–H groups in total. The molecule has 236 valence electrons. The summed E-state index contributed by atoms with van der Waals surface area (Å²) in [6, 6.07) is 29.5. The molecule has 0 aliphatic carbocycles. The Morgan fingerprint density at radius 1 is 0.800 bits per heavy atom. The van der Waals surface area contributed by atoms with Crippen LogP contribution >= 0.6 is 15.9 Å². The van der Waals surface area contributed by atoms with Gasteiger partial charge >= 0.3 is 0 Å². The number of carbonyl (C=O) groups is 2. The molecular weight excluding hydrogens is 650 g/mol. The molecule has 0 saturated carbocycles. The first-order valence-electron chi connectivity index (χ1n) is 14.8. The molecular formula is C36H40BrN3O4S. The Morgan fingerprint density at radius 2 is 1.42 bits per heavy atom. The van der Waals surface area contributed by atoms with Crippen LogP contribution < -0.4 is 9.62 Å². The normalized spacial score (nSPS) is 12.3. The van der Waals surface area contributed by atoms with E-state index in [4.69, 9.17) is 0 Å². The first kappa shape index (κ1) is 33.9. The van der Waals surface area contributed by atoms with Crippen molar-refractivity contribution in [3.8, 4) is 0 Å². The van der Waals surface area contributed by atoms with Gasteiger partial charge < -0.3 is 10.2 Å². The van der Waals surface area contributed by atoms with Gasteiger partial charge in [-0.05, 0) is 93.3 Å². The van der Waals surface area contributed by atoms with E-state index in [0.717, 1.165) is 31.0 Å². The van der Waals surface area contributed by atoms with Crippen LogP contribution in [0.3, 0.4) is 0 Å². The van der Waals surface area contributed by atoms with Gasteiger partial charge in [-0.25, -0.2) is 8.42 Å². The minimum Gasteiger partial charge on any atom is -0.350 e. The van der Waals surface area contributed by atoms with Crippen molar-refractivity contribution in [3.63, 3.8) is 0 Å². The van der Waals surface area contributed by atoms with Crippen molar-refractivity contribution in [3.05, 3.63) is 130 Å². The Bertz CT molecular complexity index is 1740. The number of rotatable bonds is 11. The molecule has 0 heterocycles. The van der Waals surface area contributed by atoms with E-state index in [2.05, 4.69) is 21.2 Å². The molecule has 7 nitrogen and oxygen atoms in total. The van der Waals surface area contributed by atoms with E-state index in [9.17, 15) is 18.0 Å². The SMILES string of the molecule is Cc1ccc(N(CC(=O)N(Cc2cccc(Br)c2)[C@H](Cc2ccccc2)C(=O)NC(C)(C)C)S(=O)(=O)c2ccccc2)cc1C. The van der Waals surface area contributed by atoms with Gasteiger partial charge in [-0.1, -0.05) is 82.7 Å². The van der Waals surface area contributed by atoms with Gasteiger partial charge in [0.25, 0.3) is 10.0 Å². The molecule has 0 radical (unpaired) electrons. The molecule has 0 unspecified atom stereocenters. The number of hydrogen-bond donors (Lipinski definition) is 1. The molecule has 0 aliphatic heterocycles. The molecule has 9 heteroatoms. The monoisotopic (exact) mass is 689 g/mol. The Morgan fingerprint density at radius 3 is 2.02 bits per heavy atom. The number of carbonyl (C=O) groups excluding carboxylic acids is 2. The largest absolute Gasteiger partial charge is 0.350 e. The predicted molar refractivity (Wildman–Crippen MR) is 183 cm³/mol. The van der Waals surface area contributed by atoms with Gasteiger partial charge in [0.2, 0.25) is 11.8 Å². The fraction of sp³-hybridized carbons (Fsp3) is 0.278. The van der Waals surface area contributed by atoms with Crippen LogP contribution in [0.25, 0.3) is 0 Å². The summed E-state index contributed by atoms with van der Waals surface area (Å²) in [6.07, 6.45) is 0.248. The highest BCUT2D eigenvalue weighted by atomic mass is 79.9. The number of halogens is 1. The summed E-state index contributed by atoms with van der Waals surface area (Å²) in [7, 11) is -4.15. The van der Waals surface area contributed by atoms with E-state index in [1.807, 2.05) is 95.3 Å². The molecule has 0 saturated heterocycles. The average molecular weight is 691 g/mol. The standard InChI is InChI=1S/C36H40BrN3O4S/c1-26-19-20-31(21-27(26)2)40(45(43,44)32-17-10-7-11-18-32)25-34(41)39(24-29-15-12-16-30(37)22-29)33(35(42)38-36(3,4)5)23-28-13-8-6-9-14-28/h6-22,33H,23-25H2,1-5H3,(H,38,42)/t33-/m1/s1. The fourth-order valence-electron chi connectivity index (χ4n) is 4.97. The third kappa shape index (κ3) is 9.05. The highest BCUT2D eigenvalue weighted by Gasteiger charge is 2.35. The summed E-state index contributed by atoms with van der Waals surface area (Å²) >= 11 is 3.51. The molecule has 45 heavy (non-hydrogen) atoms. The lowest BCUT2D eigenvalue weighted by atomic mass is 10.0. The molecule has 2 amide bonds. The van der Waals surface area contributed by atoms with Gasteiger partial charge in [0, 0.05) is 23.0 Å². The summed E-state index contributed by atoms with van der Waals surface area (Å²) in [6.45, 7) is 9.11. The first-order chi connectivity index (χ1) is 21.2. The number of aryl methyl sites for hydroxylation is 2. The smallest absolute Gasteiger partial charge is 0.264 e. The number of nitrogens with one attached hydrogen (secondary N) is 1. The summed E-state index contributed by atoms with van der Waals surface area (Å²) < 4.78 is 30.3. The minimum absolute atomic E-state index is 0.0703. The second-order valence-electron chi connectivity index (χ2n) is 12.2. The molecule has 0 aromatic heterocycles. The summed E-state index contributed by atoms with van der Waals surface area (Å²) in [5.74, 6) is -0.823. The zero-order valence-corrected chi connectivity index (χ0v) is 28.7. The van der Waals surface area contributed by atoms with E-state index in [0.29, 0.717) is 5.69 Å². The first-order valence-corrected chi connectivity index (χ1v) is 17.0. The summed E-state index contributed by atoms with van der Waals surface area (Å²) in [5, 5.41) is 3.05. The van der Waals surface area contributed by atoms with Crippen LogP contribution in [-0.4, -0.2) is 43.3 Å². The predicted octanol–water partition coefficient (Wildman–Crippen LogP) is 6.82. The molecule has 4 rings (SSSR count). The number of sulfonamides is 1. The van der Waals surface area contributed by atoms with Crippen LogP contribution in [0.5, 0.6) is 0 Å². The van der Waals surface area contributed by atoms with E-state index >= 15 is 0 Å². The Balaban J connectivity index is 1.83. The lowest BCUT2D eigenvalue weighted by Gasteiger charge is -2.35. The van der Waals surface area contributed by atoms with E-state index in [1.54, 1.807) is 30.3 Å². The maximum absolute atomic E-state index is 14.6. The third-order valence-electron chi connectivity index (χ3n) is 7.40. The van der Waals surface area contributed by atoms with E-state index in [1.165, 1.54) is 17.0 Å². The number of hydrogen-bond acceptors (Lipinski definition) is 4. The molecule has 0 fully saturated rings. The zero-order valence-electron chi connectivity index (χ0n) is 26.3. The van der Waals surface area contributed by atoms with E-state index in [-0.39, 0.29) is 23.8 Å². The number of anilines is 1. The summed E-state index contributed by atoms with van der Waals surface area (Å²) in [5.41, 5.74) is 3.38. The Labute approximate surface area is 275 Å². The minimum atomic E-state index is -4.15. The average Bonchev–Trinajstić information content (AvgIpc) is 2.99. The van der Waals surface area contributed by atoms with Crippen LogP contribution in [-0.2, 0) is 32.6 Å². The molecule has 0 aliphatic rings. The van der Waals surface area contributed by atoms with Gasteiger partial charge in [-0.2, -0.15) is 0 Å². The Hall–Kier alpha value is -3.95. The maximum Gasteiger partial charge on any atom is 0.264 e. The second-order valence-corrected chi connectivity index (χ2v) is 15.0. The molecule has 4 aromatic carbocycles.